The van der Waals surface area contributed by atoms with Gasteiger partial charge in [0.15, 0.2) is 6.61 Å². The van der Waals surface area contributed by atoms with Crippen molar-refractivity contribution < 1.29 is 39.5 Å². The molecular weight excluding hydrogens is 668 g/mol. The smallest absolute Gasteiger partial charge is 0.345 e. The van der Waals surface area contributed by atoms with E-state index in [0.29, 0.717) is 42.6 Å². The zero-order valence-corrected chi connectivity index (χ0v) is 28.0. The number of pyridine rings is 1. The van der Waals surface area contributed by atoms with Crippen molar-refractivity contribution >= 4 is 28.7 Å². The van der Waals surface area contributed by atoms with Crippen molar-refractivity contribution in [3.8, 4) is 11.5 Å². The number of aliphatic hydroxyl groups is 2. The molecule has 3 atom stereocenters. The second-order valence-corrected chi connectivity index (χ2v) is 12.6. The molecule has 0 aliphatic carbocycles. The van der Waals surface area contributed by atoms with E-state index < -0.39 is 17.7 Å². The van der Waals surface area contributed by atoms with Gasteiger partial charge in [-0.1, -0.05) is 60.7 Å². The molecule has 1 aliphatic rings. The predicted molar refractivity (Wildman–Crippen MR) is 191 cm³/mol. The monoisotopic (exact) mass is 706 g/mol. The number of aromatic hydroxyl groups is 1. The number of hydrogen-bond acceptors (Lipinski definition) is 9. The van der Waals surface area contributed by atoms with E-state index in [4.69, 9.17) is 4.74 Å². The number of H-pyrrole nitrogens is 1. The van der Waals surface area contributed by atoms with E-state index in [0.717, 1.165) is 5.56 Å². The van der Waals surface area contributed by atoms with Crippen LogP contribution in [0.1, 0.15) is 45.1 Å². The highest BCUT2D eigenvalue weighted by atomic mass is 16.5. The Morgan fingerprint density at radius 1 is 0.942 bits per heavy atom. The number of fused-ring (bicyclic) bond motifs is 1. The first-order valence-electron chi connectivity index (χ1n) is 16.7. The van der Waals surface area contributed by atoms with Crippen LogP contribution in [0, 0.1) is 0 Å². The number of rotatable bonds is 13. The average molecular weight is 707 g/mol. The van der Waals surface area contributed by atoms with E-state index in [1.165, 1.54) is 36.4 Å². The van der Waals surface area contributed by atoms with Gasteiger partial charge < -0.3 is 45.7 Å². The van der Waals surface area contributed by atoms with Crippen molar-refractivity contribution in [1.29, 1.82) is 0 Å². The summed E-state index contributed by atoms with van der Waals surface area (Å²) in [5.41, 5.74) is -0.219. The minimum Gasteiger partial charge on any atom is -0.506 e. The number of amides is 2. The number of phenols is 1. The van der Waals surface area contributed by atoms with Gasteiger partial charge in [-0.2, -0.15) is 0 Å². The quantitative estimate of drug-likeness (QED) is 0.0955. The number of benzene rings is 4. The van der Waals surface area contributed by atoms with Crippen LogP contribution < -0.4 is 20.9 Å². The van der Waals surface area contributed by atoms with Gasteiger partial charge in [-0.05, 0) is 59.5 Å². The number of likely N-dealkylation sites (tertiary alicyclic amines) is 1. The third-order valence-electron chi connectivity index (χ3n) is 9.14. The van der Waals surface area contributed by atoms with Gasteiger partial charge in [0.1, 0.15) is 11.5 Å². The van der Waals surface area contributed by atoms with Crippen LogP contribution in [0.4, 0.5) is 0 Å². The molecule has 13 nitrogen and oxygen atoms in total. The number of aromatic nitrogens is 1. The van der Waals surface area contributed by atoms with Gasteiger partial charge in [-0.25, -0.2) is 4.79 Å². The van der Waals surface area contributed by atoms with Crippen molar-refractivity contribution in [3.05, 3.63) is 141 Å². The average Bonchev–Trinajstić information content (AvgIpc) is 3.63. The van der Waals surface area contributed by atoms with Gasteiger partial charge in [0, 0.05) is 54.8 Å². The molecular formula is C39H38N4O9. The van der Waals surface area contributed by atoms with Gasteiger partial charge in [0.25, 0.3) is 11.8 Å². The molecule has 0 saturated carbocycles. The number of hydrogen-bond donors (Lipinski definition) is 7. The summed E-state index contributed by atoms with van der Waals surface area (Å²) in [4.78, 5) is 53.9. The van der Waals surface area contributed by atoms with Crippen molar-refractivity contribution in [1.82, 2.24) is 20.5 Å². The van der Waals surface area contributed by atoms with Crippen LogP contribution >= 0.6 is 0 Å². The number of phenolic OH excluding ortho intramolecular Hbond substituents is 1. The lowest BCUT2D eigenvalue weighted by Crippen LogP contribution is -2.39. The second kappa shape index (κ2) is 15.5. The second-order valence-electron chi connectivity index (χ2n) is 12.6. The maximum absolute atomic E-state index is 13.0. The molecule has 6 rings (SSSR count). The molecule has 13 heteroatoms. The molecule has 1 aromatic heterocycles. The van der Waals surface area contributed by atoms with Crippen LogP contribution in [0.15, 0.2) is 108 Å². The molecule has 5 aromatic rings. The Kier molecular flexibility index (Phi) is 10.7. The first kappa shape index (κ1) is 35.8. The number of nitrogens with zero attached hydrogens (tertiary/aromatic N) is 1. The molecule has 4 aromatic carbocycles. The van der Waals surface area contributed by atoms with Crippen LogP contribution in [0.25, 0.3) is 10.9 Å². The number of aliphatic carboxylic acids is 1. The molecule has 1 fully saturated rings. The summed E-state index contributed by atoms with van der Waals surface area (Å²) in [6, 6.07) is 26.7. The van der Waals surface area contributed by atoms with Gasteiger partial charge >= 0.3 is 5.97 Å². The van der Waals surface area contributed by atoms with Crippen molar-refractivity contribution in [2.45, 2.75) is 30.7 Å². The number of nitrogens with one attached hydrogen (secondary N) is 3. The number of carbonyl (C=O) groups excluding carboxylic acids is 2. The SMILES string of the molecule is O=C(N[C@@H]1CCN(C(=O)COc2cccc(C(O)(C(=O)O)c3ccccc3)c2)C1)c1ccc(CNCC(O)c2ccc(O)c3[nH]c(=O)ccc23)cc1. The van der Waals surface area contributed by atoms with E-state index >= 15 is 0 Å². The van der Waals surface area contributed by atoms with Gasteiger partial charge in [0.2, 0.25) is 11.2 Å². The first-order chi connectivity index (χ1) is 25.0. The lowest BCUT2D eigenvalue weighted by molar-refractivity contribution is -0.155. The number of carbonyl (C=O) groups is 3. The summed E-state index contributed by atoms with van der Waals surface area (Å²) < 4.78 is 5.69. The topological polar surface area (TPSA) is 202 Å². The summed E-state index contributed by atoms with van der Waals surface area (Å²) in [5, 5.41) is 48.6. The van der Waals surface area contributed by atoms with E-state index in [-0.39, 0.29) is 64.7 Å². The lowest BCUT2D eigenvalue weighted by atomic mass is 9.86. The van der Waals surface area contributed by atoms with Crippen LogP contribution in [0.5, 0.6) is 11.5 Å². The Bertz CT molecular complexity index is 2140. The maximum Gasteiger partial charge on any atom is 0.345 e. The number of ether oxygens (including phenoxy) is 1. The zero-order valence-electron chi connectivity index (χ0n) is 28.0. The summed E-state index contributed by atoms with van der Waals surface area (Å²) in [5.74, 6) is -1.87. The Morgan fingerprint density at radius 3 is 2.44 bits per heavy atom. The number of aromatic amines is 1. The third kappa shape index (κ3) is 7.81. The molecule has 1 aliphatic heterocycles. The highest BCUT2D eigenvalue weighted by Gasteiger charge is 2.40. The lowest BCUT2D eigenvalue weighted by Gasteiger charge is -2.25. The molecule has 2 amide bonds. The number of carboxylic acid groups (broad SMARTS) is 1. The fraction of sp³-hybridized carbons (Fsp3) is 0.231. The van der Waals surface area contributed by atoms with E-state index in [2.05, 4.69) is 15.6 Å². The Labute approximate surface area is 298 Å². The Hall–Kier alpha value is -6.02. The summed E-state index contributed by atoms with van der Waals surface area (Å²) in [6.45, 7) is 1.05. The Balaban J connectivity index is 0.964. The number of carboxylic acids is 1. The summed E-state index contributed by atoms with van der Waals surface area (Å²) >= 11 is 0. The molecule has 2 unspecified atom stereocenters. The number of aliphatic hydroxyl groups excluding tert-OH is 1. The fourth-order valence-corrected chi connectivity index (χ4v) is 6.30. The fourth-order valence-electron chi connectivity index (χ4n) is 6.30. The highest BCUT2D eigenvalue weighted by Crippen LogP contribution is 2.32. The van der Waals surface area contributed by atoms with Crippen LogP contribution in [0.3, 0.4) is 0 Å². The summed E-state index contributed by atoms with van der Waals surface area (Å²) in [6.07, 6.45) is -0.341. The van der Waals surface area contributed by atoms with Gasteiger partial charge in [-0.15, -0.1) is 0 Å². The largest absolute Gasteiger partial charge is 0.506 e. The van der Waals surface area contributed by atoms with E-state index in [1.807, 2.05) is 12.1 Å². The molecule has 7 N–H and O–H groups in total. The zero-order chi connectivity index (χ0) is 36.8. The third-order valence-corrected chi connectivity index (χ3v) is 9.14. The Morgan fingerprint density at radius 2 is 1.69 bits per heavy atom. The highest BCUT2D eigenvalue weighted by molar-refractivity contribution is 5.94. The predicted octanol–water partition coefficient (Wildman–Crippen LogP) is 2.79. The normalized spacial score (nSPS) is 15.9. The molecule has 0 radical (unpaired) electrons. The molecule has 2 heterocycles. The molecule has 1 saturated heterocycles. The van der Waals surface area contributed by atoms with Gasteiger partial charge in [0.05, 0.1) is 11.6 Å². The molecule has 268 valence electrons. The van der Waals surface area contributed by atoms with Crippen LogP contribution in [-0.2, 0) is 21.7 Å². The van der Waals surface area contributed by atoms with Crippen LogP contribution in [0.2, 0.25) is 0 Å². The molecule has 0 bridgehead atoms. The van der Waals surface area contributed by atoms with Crippen molar-refractivity contribution in [2.75, 3.05) is 26.2 Å². The van der Waals surface area contributed by atoms with E-state index in [9.17, 15) is 39.6 Å². The van der Waals surface area contributed by atoms with E-state index in [1.54, 1.807) is 59.5 Å². The van der Waals surface area contributed by atoms with Gasteiger partial charge in [-0.3, -0.25) is 14.4 Å². The molecule has 52 heavy (non-hydrogen) atoms. The maximum atomic E-state index is 13.0. The first-order valence-corrected chi connectivity index (χ1v) is 16.7. The van der Waals surface area contributed by atoms with Crippen LogP contribution in [-0.4, -0.2) is 80.4 Å². The summed E-state index contributed by atoms with van der Waals surface area (Å²) in [7, 11) is 0. The standard InChI is InChI=1S/C39H38N4O9/c44-32-15-13-30(31-14-16-34(46)42-36(31)32)33(45)21-40-20-24-9-11-25(12-10-24)37(48)41-28-17-18-43(22-28)35(47)23-52-29-8-4-7-27(19-29)39(51,38(49)50)26-5-2-1-3-6-26/h1-16,19,28,33,40,44-45,51H,17-18,20-23H2,(H,41,48)(H,42,46)(H,49,50)/t28-,33?,39?/m1/s1. The molecule has 0 spiro atoms. The van der Waals surface area contributed by atoms with Crippen molar-refractivity contribution in [2.24, 2.45) is 0 Å². The van der Waals surface area contributed by atoms with Crippen molar-refractivity contribution in [3.63, 3.8) is 0 Å². The minimum atomic E-state index is -2.30. The minimum absolute atomic E-state index is 0.0797.